The number of rotatable bonds is 4. The second-order valence-corrected chi connectivity index (χ2v) is 3.06. The average Bonchev–Trinajstić information content (AvgIpc) is 2.29. The highest BCUT2D eigenvalue weighted by molar-refractivity contribution is 6.68. The number of hydrogen-bond acceptors (Lipinski definition) is 5. The lowest BCUT2D eigenvalue weighted by Crippen LogP contribution is -2.22. The Morgan fingerprint density at radius 3 is 2.19 bits per heavy atom. The minimum absolute atomic E-state index is 0.267. The predicted molar refractivity (Wildman–Crippen MR) is 57.2 cm³/mol. The highest BCUT2D eigenvalue weighted by Gasteiger charge is 2.18. The van der Waals surface area contributed by atoms with E-state index >= 15 is 0 Å². The van der Waals surface area contributed by atoms with Gasteiger partial charge in [0, 0.05) is 12.5 Å². The number of carbonyl (C=O) groups excluding carboxylic acids is 2. The third kappa shape index (κ3) is 2.44. The molecule has 0 atom stereocenters. The second-order valence-electron chi connectivity index (χ2n) is 3.06. The zero-order chi connectivity index (χ0) is 12.1. The van der Waals surface area contributed by atoms with Crippen molar-refractivity contribution >= 4 is 17.3 Å². The van der Waals surface area contributed by atoms with Gasteiger partial charge in [0.2, 0.25) is 5.78 Å². The van der Waals surface area contributed by atoms with E-state index in [1.165, 1.54) is 19.2 Å². The number of carbonyl (C=O) groups is 2. The Labute approximate surface area is 92.3 Å². The Morgan fingerprint density at radius 1 is 1.25 bits per heavy atom. The van der Waals surface area contributed by atoms with Gasteiger partial charge in [-0.05, 0) is 24.3 Å². The molecule has 1 aromatic carbocycles. The van der Waals surface area contributed by atoms with Crippen molar-refractivity contribution in [1.29, 1.82) is 0 Å². The third-order valence-corrected chi connectivity index (χ3v) is 2.00. The molecule has 5 nitrogen and oxygen atoms in total. The van der Waals surface area contributed by atoms with Gasteiger partial charge in [0.25, 0.3) is 0 Å². The van der Waals surface area contributed by atoms with Crippen LogP contribution in [0.1, 0.15) is 17.3 Å². The van der Waals surface area contributed by atoms with Gasteiger partial charge in [-0.2, -0.15) is 0 Å². The van der Waals surface area contributed by atoms with Crippen molar-refractivity contribution in [1.82, 2.24) is 0 Å². The smallest absolute Gasteiger partial charge is 0.218 e. The van der Waals surface area contributed by atoms with Crippen molar-refractivity contribution < 1.29 is 19.5 Å². The molecule has 1 aromatic rings. The summed E-state index contributed by atoms with van der Waals surface area (Å²) in [4.78, 5) is 22.6. The van der Waals surface area contributed by atoms with Gasteiger partial charge in [0.1, 0.15) is 5.75 Å². The molecule has 0 aliphatic carbocycles. The maximum atomic E-state index is 11.7. The highest BCUT2D eigenvalue weighted by atomic mass is 16.5. The van der Waals surface area contributed by atoms with Crippen LogP contribution in [0.3, 0.4) is 0 Å². The molecule has 0 saturated carbocycles. The van der Waals surface area contributed by atoms with E-state index in [2.05, 4.69) is 5.16 Å². The van der Waals surface area contributed by atoms with E-state index in [0.717, 1.165) is 6.92 Å². The summed E-state index contributed by atoms with van der Waals surface area (Å²) in [5, 5.41) is 11.2. The van der Waals surface area contributed by atoms with Crippen LogP contribution in [0.2, 0.25) is 0 Å². The lowest BCUT2D eigenvalue weighted by molar-refractivity contribution is -0.111. The Hall–Kier alpha value is -2.17. The largest absolute Gasteiger partial charge is 0.497 e. The summed E-state index contributed by atoms with van der Waals surface area (Å²) in [5.74, 6) is -0.595. The van der Waals surface area contributed by atoms with Crippen LogP contribution < -0.4 is 4.74 Å². The minimum atomic E-state index is -0.613. The van der Waals surface area contributed by atoms with E-state index in [9.17, 15) is 9.59 Å². The van der Waals surface area contributed by atoms with Crippen molar-refractivity contribution in [3.63, 3.8) is 0 Å². The summed E-state index contributed by atoms with van der Waals surface area (Å²) in [7, 11) is 1.51. The van der Waals surface area contributed by atoms with Crippen LogP contribution in [0, 0.1) is 0 Å². The summed E-state index contributed by atoms with van der Waals surface area (Å²) in [6, 6.07) is 6.16. The number of ketones is 2. The summed E-state index contributed by atoms with van der Waals surface area (Å²) < 4.78 is 4.93. The van der Waals surface area contributed by atoms with E-state index in [0.29, 0.717) is 5.75 Å². The van der Waals surface area contributed by atoms with Crippen LogP contribution in [0.25, 0.3) is 0 Å². The molecule has 0 unspecified atom stereocenters. The molecule has 1 N–H and O–H groups in total. The first kappa shape index (κ1) is 11.9. The number of hydrogen-bond donors (Lipinski definition) is 1. The molecule has 5 heteroatoms. The van der Waals surface area contributed by atoms with Gasteiger partial charge < -0.3 is 9.94 Å². The molecule has 0 heterocycles. The number of Topliss-reactive ketones (excluding diaryl/α,β-unsaturated/α-hetero) is 2. The Morgan fingerprint density at radius 2 is 1.81 bits per heavy atom. The Balaban J connectivity index is 3.00. The zero-order valence-electron chi connectivity index (χ0n) is 8.93. The van der Waals surface area contributed by atoms with Gasteiger partial charge >= 0.3 is 0 Å². The van der Waals surface area contributed by atoms with E-state index < -0.39 is 17.3 Å². The third-order valence-electron chi connectivity index (χ3n) is 2.00. The molecule has 0 fully saturated rings. The fourth-order valence-corrected chi connectivity index (χ4v) is 1.15. The number of ether oxygens (including phenoxy) is 1. The molecule has 1 rings (SSSR count). The van der Waals surface area contributed by atoms with Crippen LogP contribution in [-0.2, 0) is 4.79 Å². The van der Waals surface area contributed by atoms with Gasteiger partial charge in [-0.1, -0.05) is 5.16 Å². The highest BCUT2D eigenvalue weighted by Crippen LogP contribution is 2.12. The normalized spacial score (nSPS) is 11.0. The Kier molecular flexibility index (Phi) is 3.77. The van der Waals surface area contributed by atoms with Crippen molar-refractivity contribution in [3.8, 4) is 5.75 Å². The van der Waals surface area contributed by atoms with E-state index in [-0.39, 0.29) is 5.56 Å². The lowest BCUT2D eigenvalue weighted by Gasteiger charge is -2.02. The minimum Gasteiger partial charge on any atom is -0.497 e. The number of nitrogens with zero attached hydrogens (tertiary/aromatic N) is 1. The maximum absolute atomic E-state index is 11.7. The SMILES string of the molecule is COc1ccc(C(=O)C(=NO)C(C)=O)cc1. The Bertz CT molecular complexity index is 434. The molecule has 16 heavy (non-hydrogen) atoms. The van der Waals surface area contributed by atoms with Crippen LogP contribution in [-0.4, -0.2) is 29.6 Å². The number of methoxy groups -OCH3 is 1. The standard InChI is InChI=1S/C11H11NO4/c1-7(13)10(12-15)11(14)8-3-5-9(16-2)6-4-8/h3-6,15H,1-2H3. The topological polar surface area (TPSA) is 76.0 Å². The summed E-state index contributed by atoms with van der Waals surface area (Å²) in [6.07, 6.45) is 0. The molecule has 0 bridgehead atoms. The van der Waals surface area contributed by atoms with Crippen molar-refractivity contribution in [2.45, 2.75) is 6.92 Å². The van der Waals surface area contributed by atoms with Crippen LogP contribution in [0.5, 0.6) is 5.75 Å². The molecule has 0 radical (unpaired) electrons. The number of benzene rings is 1. The van der Waals surface area contributed by atoms with Gasteiger partial charge in [0.15, 0.2) is 11.5 Å². The van der Waals surface area contributed by atoms with E-state index in [4.69, 9.17) is 9.94 Å². The molecule has 0 saturated heterocycles. The summed E-state index contributed by atoms with van der Waals surface area (Å²) in [6.45, 7) is 1.16. The molecular weight excluding hydrogens is 210 g/mol. The van der Waals surface area contributed by atoms with Crippen molar-refractivity contribution in [2.75, 3.05) is 7.11 Å². The van der Waals surface area contributed by atoms with E-state index in [1.54, 1.807) is 12.1 Å². The summed E-state index contributed by atoms with van der Waals surface area (Å²) >= 11 is 0. The molecule has 0 spiro atoms. The van der Waals surface area contributed by atoms with Crippen molar-refractivity contribution in [2.24, 2.45) is 5.16 Å². The first-order chi connectivity index (χ1) is 7.60. The quantitative estimate of drug-likeness (QED) is 0.273. The van der Waals surface area contributed by atoms with Crippen molar-refractivity contribution in [3.05, 3.63) is 29.8 Å². The van der Waals surface area contributed by atoms with E-state index in [1.807, 2.05) is 0 Å². The second kappa shape index (κ2) is 5.06. The number of oxime groups is 1. The molecule has 84 valence electrons. The fraction of sp³-hybridized carbons (Fsp3) is 0.182. The fourth-order valence-electron chi connectivity index (χ4n) is 1.15. The van der Waals surface area contributed by atoms with Gasteiger partial charge in [-0.15, -0.1) is 0 Å². The lowest BCUT2D eigenvalue weighted by atomic mass is 10.0. The molecule has 0 aliphatic rings. The van der Waals surface area contributed by atoms with Gasteiger partial charge in [0.05, 0.1) is 7.11 Å². The van der Waals surface area contributed by atoms with Gasteiger partial charge in [-0.3, -0.25) is 9.59 Å². The summed E-state index contributed by atoms with van der Waals surface area (Å²) in [5.41, 5.74) is -0.214. The predicted octanol–water partition coefficient (Wildman–Crippen LogP) is 1.30. The van der Waals surface area contributed by atoms with Crippen LogP contribution >= 0.6 is 0 Å². The molecule has 0 amide bonds. The van der Waals surface area contributed by atoms with Crippen LogP contribution in [0.15, 0.2) is 29.4 Å². The van der Waals surface area contributed by atoms with Crippen LogP contribution in [0.4, 0.5) is 0 Å². The zero-order valence-corrected chi connectivity index (χ0v) is 8.93. The molecule has 0 aromatic heterocycles. The van der Waals surface area contributed by atoms with Gasteiger partial charge in [-0.25, -0.2) is 0 Å². The first-order valence-electron chi connectivity index (χ1n) is 4.52. The maximum Gasteiger partial charge on any atom is 0.218 e. The average molecular weight is 221 g/mol. The molecule has 0 aliphatic heterocycles. The molecular formula is C11H11NO4. The monoisotopic (exact) mass is 221 g/mol. The first-order valence-corrected chi connectivity index (χ1v) is 4.52.